The van der Waals surface area contributed by atoms with Crippen molar-refractivity contribution >= 4 is 11.8 Å². The molecule has 0 aromatic rings. The molecule has 4 heteroatoms. The lowest BCUT2D eigenvalue weighted by molar-refractivity contribution is -0.138. The van der Waals surface area contributed by atoms with Crippen LogP contribution in [0.4, 0.5) is 0 Å². The van der Waals surface area contributed by atoms with Crippen LogP contribution in [-0.2, 0) is 9.59 Å². The van der Waals surface area contributed by atoms with Crippen LogP contribution in [0.2, 0.25) is 0 Å². The molecule has 1 aliphatic heterocycles. The Balaban J connectivity index is 2.78. The molecule has 1 rings (SSSR count). The number of amides is 2. The van der Waals surface area contributed by atoms with Gasteiger partial charge in [0, 0.05) is 13.2 Å². The van der Waals surface area contributed by atoms with Gasteiger partial charge in [-0.05, 0) is 6.42 Å². The molecule has 1 atom stereocenters. The van der Waals surface area contributed by atoms with E-state index in [-0.39, 0.29) is 5.91 Å². The number of primary amides is 1. The van der Waals surface area contributed by atoms with Gasteiger partial charge < -0.3 is 10.6 Å². The summed E-state index contributed by atoms with van der Waals surface area (Å²) in [5.41, 5.74) is 5.00. The van der Waals surface area contributed by atoms with Crippen LogP contribution in [0.1, 0.15) is 6.42 Å². The molecule has 4 nitrogen and oxygen atoms in total. The van der Waals surface area contributed by atoms with E-state index in [1.54, 1.807) is 19.3 Å². The van der Waals surface area contributed by atoms with Crippen molar-refractivity contribution in [3.05, 3.63) is 12.3 Å². The zero-order valence-corrected chi connectivity index (χ0v) is 6.28. The first-order valence-corrected chi connectivity index (χ1v) is 3.35. The molecule has 11 heavy (non-hydrogen) atoms. The normalized spacial score (nSPS) is 23.9. The highest BCUT2D eigenvalue weighted by atomic mass is 16.2. The largest absolute Gasteiger partial charge is 0.369 e. The third-order valence-corrected chi connectivity index (χ3v) is 1.69. The fourth-order valence-corrected chi connectivity index (χ4v) is 1.01. The summed E-state index contributed by atoms with van der Waals surface area (Å²) in [6.45, 7) is 0. The first-order chi connectivity index (χ1) is 5.13. The van der Waals surface area contributed by atoms with Crippen LogP contribution in [0, 0.1) is 5.92 Å². The fourth-order valence-electron chi connectivity index (χ4n) is 1.01. The first kappa shape index (κ1) is 7.78. The van der Waals surface area contributed by atoms with Crippen LogP contribution in [-0.4, -0.2) is 23.8 Å². The molecule has 0 aromatic heterocycles. The number of allylic oxidation sites excluding steroid dienone is 1. The van der Waals surface area contributed by atoms with Gasteiger partial charge in [-0.25, -0.2) is 0 Å². The quantitative estimate of drug-likeness (QED) is 0.516. The summed E-state index contributed by atoms with van der Waals surface area (Å²) >= 11 is 0. The van der Waals surface area contributed by atoms with Crippen molar-refractivity contribution in [1.82, 2.24) is 4.90 Å². The van der Waals surface area contributed by atoms with Crippen LogP contribution in [0.5, 0.6) is 0 Å². The maximum absolute atomic E-state index is 11.1. The van der Waals surface area contributed by atoms with E-state index < -0.39 is 11.8 Å². The standard InChI is InChI=1S/C7H10N2O2/c1-9-4-2-3-5(6(8)10)7(9)11/h2,4-5H,3H2,1H3,(H2,8,10). The Bertz CT molecular complexity index is 222. The molecule has 1 aliphatic rings. The Morgan fingerprint density at radius 3 is 2.91 bits per heavy atom. The smallest absolute Gasteiger partial charge is 0.239 e. The molecule has 0 fully saturated rings. The summed E-state index contributed by atoms with van der Waals surface area (Å²) in [6.07, 6.45) is 3.83. The highest BCUT2D eigenvalue weighted by Crippen LogP contribution is 2.12. The number of carbonyl (C=O) groups excluding carboxylic acids is 2. The molecular formula is C7H10N2O2. The van der Waals surface area contributed by atoms with Gasteiger partial charge >= 0.3 is 0 Å². The van der Waals surface area contributed by atoms with E-state index >= 15 is 0 Å². The second-order valence-corrected chi connectivity index (χ2v) is 2.52. The second-order valence-electron chi connectivity index (χ2n) is 2.52. The Morgan fingerprint density at radius 2 is 2.45 bits per heavy atom. The van der Waals surface area contributed by atoms with E-state index in [4.69, 9.17) is 5.73 Å². The molecule has 60 valence electrons. The molecule has 0 saturated heterocycles. The van der Waals surface area contributed by atoms with Crippen LogP contribution in [0.15, 0.2) is 12.3 Å². The third-order valence-electron chi connectivity index (χ3n) is 1.69. The predicted octanol–water partition coefficient (Wildman–Crippen LogP) is -0.536. The number of carbonyl (C=O) groups is 2. The number of rotatable bonds is 1. The molecule has 0 aromatic carbocycles. The topological polar surface area (TPSA) is 63.4 Å². The monoisotopic (exact) mass is 154 g/mol. The highest BCUT2D eigenvalue weighted by Gasteiger charge is 2.27. The minimum atomic E-state index is -0.662. The zero-order chi connectivity index (χ0) is 8.43. The van der Waals surface area contributed by atoms with Crippen molar-refractivity contribution in [3.63, 3.8) is 0 Å². The van der Waals surface area contributed by atoms with Crippen molar-refractivity contribution < 1.29 is 9.59 Å². The number of nitrogens with zero attached hydrogens (tertiary/aromatic N) is 1. The summed E-state index contributed by atoms with van der Waals surface area (Å²) < 4.78 is 0. The fraction of sp³-hybridized carbons (Fsp3) is 0.429. The second kappa shape index (κ2) is 2.74. The van der Waals surface area contributed by atoms with E-state index in [0.717, 1.165) is 0 Å². The van der Waals surface area contributed by atoms with Gasteiger partial charge in [-0.15, -0.1) is 0 Å². The van der Waals surface area contributed by atoms with Crippen molar-refractivity contribution in [2.75, 3.05) is 7.05 Å². The van der Waals surface area contributed by atoms with Gasteiger partial charge in [0.2, 0.25) is 11.8 Å². The summed E-state index contributed by atoms with van der Waals surface area (Å²) in [7, 11) is 1.61. The molecule has 1 heterocycles. The summed E-state index contributed by atoms with van der Waals surface area (Å²) in [6, 6.07) is 0. The Morgan fingerprint density at radius 1 is 1.82 bits per heavy atom. The summed E-state index contributed by atoms with van der Waals surface area (Å²) in [5, 5.41) is 0. The van der Waals surface area contributed by atoms with Crippen LogP contribution < -0.4 is 5.73 Å². The van der Waals surface area contributed by atoms with E-state index in [1.807, 2.05) is 0 Å². The Kier molecular flexibility index (Phi) is 1.94. The maximum Gasteiger partial charge on any atom is 0.239 e. The Labute approximate surface area is 64.7 Å². The van der Waals surface area contributed by atoms with Gasteiger partial charge in [-0.1, -0.05) is 6.08 Å². The lowest BCUT2D eigenvalue weighted by Crippen LogP contribution is -2.39. The maximum atomic E-state index is 11.1. The van der Waals surface area contributed by atoms with Gasteiger partial charge in [0.1, 0.15) is 5.92 Å². The molecule has 0 bridgehead atoms. The molecule has 1 unspecified atom stereocenters. The minimum Gasteiger partial charge on any atom is -0.369 e. The van der Waals surface area contributed by atoms with Gasteiger partial charge in [0.15, 0.2) is 0 Å². The highest BCUT2D eigenvalue weighted by molar-refractivity contribution is 6.00. The van der Waals surface area contributed by atoms with Crippen molar-refractivity contribution in [2.24, 2.45) is 11.7 Å². The first-order valence-electron chi connectivity index (χ1n) is 3.35. The molecule has 0 radical (unpaired) electrons. The van der Waals surface area contributed by atoms with E-state index in [9.17, 15) is 9.59 Å². The molecular weight excluding hydrogens is 144 g/mol. The molecule has 2 N–H and O–H groups in total. The number of nitrogens with two attached hydrogens (primary N) is 1. The number of hydrogen-bond donors (Lipinski definition) is 1. The lowest BCUT2D eigenvalue weighted by Gasteiger charge is -2.21. The number of hydrogen-bond acceptors (Lipinski definition) is 2. The molecule has 2 amide bonds. The molecule has 0 saturated carbocycles. The summed E-state index contributed by atoms with van der Waals surface area (Å²) in [5.74, 6) is -1.43. The SMILES string of the molecule is CN1C=CCC(C(N)=O)C1=O. The van der Waals surface area contributed by atoms with E-state index in [0.29, 0.717) is 6.42 Å². The van der Waals surface area contributed by atoms with Gasteiger partial charge in [-0.2, -0.15) is 0 Å². The lowest BCUT2D eigenvalue weighted by atomic mass is 10.0. The summed E-state index contributed by atoms with van der Waals surface area (Å²) in [4.78, 5) is 23.2. The van der Waals surface area contributed by atoms with Gasteiger partial charge in [-0.3, -0.25) is 9.59 Å². The van der Waals surface area contributed by atoms with E-state index in [2.05, 4.69) is 0 Å². The predicted molar refractivity (Wildman–Crippen MR) is 39.2 cm³/mol. The van der Waals surface area contributed by atoms with Crippen LogP contribution in [0.25, 0.3) is 0 Å². The van der Waals surface area contributed by atoms with Crippen molar-refractivity contribution in [1.29, 1.82) is 0 Å². The Hall–Kier alpha value is -1.32. The van der Waals surface area contributed by atoms with Crippen LogP contribution >= 0.6 is 0 Å². The molecule has 0 aliphatic carbocycles. The average molecular weight is 154 g/mol. The molecule has 0 spiro atoms. The van der Waals surface area contributed by atoms with Crippen LogP contribution in [0.3, 0.4) is 0 Å². The minimum absolute atomic E-state index is 0.222. The van der Waals surface area contributed by atoms with Crippen molar-refractivity contribution in [2.45, 2.75) is 6.42 Å². The zero-order valence-electron chi connectivity index (χ0n) is 6.28. The van der Waals surface area contributed by atoms with Gasteiger partial charge in [0.05, 0.1) is 0 Å². The average Bonchev–Trinajstić information content (AvgIpc) is 1.94. The van der Waals surface area contributed by atoms with Gasteiger partial charge in [0.25, 0.3) is 0 Å². The van der Waals surface area contributed by atoms with Crippen molar-refractivity contribution in [3.8, 4) is 0 Å². The third kappa shape index (κ3) is 1.39. The van der Waals surface area contributed by atoms with E-state index in [1.165, 1.54) is 4.90 Å².